The Hall–Kier alpha value is -2.28. The standard InChI is InChI=1S/C13H19N5O3/c14-12-3-1-11(2-4-12)13(19)16-5-7-20-9-10-21-8-6-17-18-15/h1-4H,5-10,14H2,(H,16,19). The summed E-state index contributed by atoms with van der Waals surface area (Å²) in [7, 11) is 0. The first-order valence-electron chi connectivity index (χ1n) is 6.54. The number of nitrogens with zero attached hydrogens (tertiary/aromatic N) is 3. The van der Waals surface area contributed by atoms with Crippen LogP contribution in [0.2, 0.25) is 0 Å². The molecular formula is C13H19N5O3. The third-order valence-electron chi connectivity index (χ3n) is 2.48. The summed E-state index contributed by atoms with van der Waals surface area (Å²) in [6.07, 6.45) is 0. The number of ether oxygens (including phenoxy) is 2. The number of amides is 1. The van der Waals surface area contributed by atoms with E-state index in [1.165, 1.54) is 0 Å². The number of hydrogen-bond acceptors (Lipinski definition) is 5. The molecule has 0 heterocycles. The molecule has 1 aromatic rings. The Morgan fingerprint density at radius 2 is 1.86 bits per heavy atom. The number of nitrogens with one attached hydrogen (secondary N) is 1. The van der Waals surface area contributed by atoms with Crippen molar-refractivity contribution in [2.45, 2.75) is 0 Å². The molecular weight excluding hydrogens is 274 g/mol. The molecule has 0 unspecified atom stereocenters. The van der Waals surface area contributed by atoms with Gasteiger partial charge in [0.1, 0.15) is 0 Å². The van der Waals surface area contributed by atoms with E-state index in [2.05, 4.69) is 15.3 Å². The lowest BCUT2D eigenvalue weighted by atomic mass is 10.2. The van der Waals surface area contributed by atoms with Gasteiger partial charge in [0.15, 0.2) is 0 Å². The van der Waals surface area contributed by atoms with E-state index in [0.717, 1.165) is 0 Å². The third-order valence-corrected chi connectivity index (χ3v) is 2.48. The van der Waals surface area contributed by atoms with Crippen LogP contribution in [0.5, 0.6) is 0 Å². The first-order chi connectivity index (χ1) is 10.2. The molecule has 0 atom stereocenters. The highest BCUT2D eigenvalue weighted by Gasteiger charge is 2.03. The first-order valence-corrected chi connectivity index (χ1v) is 6.54. The Morgan fingerprint density at radius 3 is 2.52 bits per heavy atom. The summed E-state index contributed by atoms with van der Waals surface area (Å²) in [6.45, 7) is 2.36. The van der Waals surface area contributed by atoms with E-state index < -0.39 is 0 Å². The van der Waals surface area contributed by atoms with Crippen molar-refractivity contribution in [2.75, 3.05) is 45.3 Å². The van der Waals surface area contributed by atoms with Gasteiger partial charge in [-0.1, -0.05) is 5.11 Å². The van der Waals surface area contributed by atoms with E-state index in [9.17, 15) is 4.79 Å². The lowest BCUT2D eigenvalue weighted by Crippen LogP contribution is -2.27. The zero-order valence-corrected chi connectivity index (χ0v) is 11.7. The fourth-order valence-electron chi connectivity index (χ4n) is 1.45. The van der Waals surface area contributed by atoms with Crippen molar-refractivity contribution in [3.63, 3.8) is 0 Å². The topological polar surface area (TPSA) is 122 Å². The highest BCUT2D eigenvalue weighted by molar-refractivity contribution is 5.94. The van der Waals surface area contributed by atoms with Crippen LogP contribution in [0.4, 0.5) is 5.69 Å². The number of anilines is 1. The molecule has 0 spiro atoms. The number of carbonyl (C=O) groups excluding carboxylic acids is 1. The zero-order chi connectivity index (χ0) is 15.3. The minimum Gasteiger partial charge on any atom is -0.399 e. The van der Waals surface area contributed by atoms with Gasteiger partial charge in [0.2, 0.25) is 0 Å². The average Bonchev–Trinajstić information content (AvgIpc) is 2.49. The molecule has 0 saturated carbocycles. The number of carbonyl (C=O) groups is 1. The Bertz CT molecular complexity index is 471. The number of hydrogen-bond donors (Lipinski definition) is 2. The second-order valence-electron chi connectivity index (χ2n) is 4.06. The molecule has 8 nitrogen and oxygen atoms in total. The summed E-state index contributed by atoms with van der Waals surface area (Å²) < 4.78 is 10.4. The summed E-state index contributed by atoms with van der Waals surface area (Å²) >= 11 is 0. The van der Waals surface area contributed by atoms with Crippen molar-refractivity contribution < 1.29 is 14.3 Å². The van der Waals surface area contributed by atoms with Crippen molar-refractivity contribution >= 4 is 11.6 Å². The predicted molar refractivity (Wildman–Crippen MR) is 78.8 cm³/mol. The molecule has 1 rings (SSSR count). The summed E-state index contributed by atoms with van der Waals surface area (Å²) in [5, 5.41) is 6.07. The van der Waals surface area contributed by atoms with Gasteiger partial charge < -0.3 is 20.5 Å². The molecule has 0 radical (unpaired) electrons. The Labute approximate surface area is 122 Å². The monoisotopic (exact) mass is 293 g/mol. The lowest BCUT2D eigenvalue weighted by molar-refractivity contribution is 0.0511. The number of nitrogen functional groups attached to an aromatic ring is 1. The molecule has 114 valence electrons. The van der Waals surface area contributed by atoms with Gasteiger partial charge in [0, 0.05) is 29.3 Å². The molecule has 21 heavy (non-hydrogen) atoms. The molecule has 0 aliphatic rings. The maximum Gasteiger partial charge on any atom is 0.251 e. The van der Waals surface area contributed by atoms with Crippen LogP contribution in [-0.2, 0) is 9.47 Å². The van der Waals surface area contributed by atoms with Crippen molar-refractivity contribution in [3.8, 4) is 0 Å². The molecule has 0 fully saturated rings. The van der Waals surface area contributed by atoms with Crippen molar-refractivity contribution in [2.24, 2.45) is 5.11 Å². The SMILES string of the molecule is [N-]=[N+]=NCCOCCOCCNC(=O)c1ccc(N)cc1. The van der Waals surface area contributed by atoms with Gasteiger partial charge in [-0.25, -0.2) is 0 Å². The fraction of sp³-hybridized carbons (Fsp3) is 0.462. The second kappa shape index (κ2) is 10.5. The van der Waals surface area contributed by atoms with E-state index in [-0.39, 0.29) is 5.91 Å². The molecule has 0 aromatic heterocycles. The highest BCUT2D eigenvalue weighted by Crippen LogP contribution is 2.04. The van der Waals surface area contributed by atoms with Crippen molar-refractivity contribution in [1.29, 1.82) is 0 Å². The van der Waals surface area contributed by atoms with E-state index in [1.807, 2.05) is 0 Å². The smallest absolute Gasteiger partial charge is 0.251 e. The van der Waals surface area contributed by atoms with Crippen molar-refractivity contribution in [3.05, 3.63) is 40.3 Å². The quantitative estimate of drug-likeness (QED) is 0.222. The summed E-state index contributed by atoms with van der Waals surface area (Å²) in [5.74, 6) is -0.163. The number of rotatable bonds is 10. The average molecular weight is 293 g/mol. The van der Waals surface area contributed by atoms with Crippen LogP contribution in [0, 0.1) is 0 Å². The second-order valence-corrected chi connectivity index (χ2v) is 4.06. The van der Waals surface area contributed by atoms with Gasteiger partial charge in [-0.3, -0.25) is 4.79 Å². The van der Waals surface area contributed by atoms with E-state index >= 15 is 0 Å². The first kappa shape index (κ1) is 16.8. The van der Waals surface area contributed by atoms with Crippen molar-refractivity contribution in [1.82, 2.24) is 5.32 Å². The van der Waals surface area contributed by atoms with Gasteiger partial charge in [-0.2, -0.15) is 0 Å². The molecule has 0 aliphatic carbocycles. The highest BCUT2D eigenvalue weighted by atomic mass is 16.5. The normalized spacial score (nSPS) is 9.90. The van der Waals surface area contributed by atoms with E-state index in [0.29, 0.717) is 50.8 Å². The summed E-state index contributed by atoms with van der Waals surface area (Å²) in [5.41, 5.74) is 14.8. The molecule has 0 bridgehead atoms. The van der Waals surface area contributed by atoms with E-state index in [1.54, 1.807) is 24.3 Å². The zero-order valence-electron chi connectivity index (χ0n) is 11.7. The maximum absolute atomic E-state index is 11.7. The van der Waals surface area contributed by atoms with Gasteiger partial charge in [-0.05, 0) is 29.8 Å². The number of azide groups is 1. The van der Waals surface area contributed by atoms with Crippen LogP contribution in [0.3, 0.4) is 0 Å². The van der Waals surface area contributed by atoms with Crippen LogP contribution < -0.4 is 11.1 Å². The lowest BCUT2D eigenvalue weighted by Gasteiger charge is -2.07. The molecule has 1 amide bonds. The number of nitrogens with two attached hydrogens (primary N) is 1. The molecule has 0 aliphatic heterocycles. The van der Waals surface area contributed by atoms with Crippen LogP contribution in [0.1, 0.15) is 10.4 Å². The van der Waals surface area contributed by atoms with Gasteiger partial charge in [0.25, 0.3) is 5.91 Å². The van der Waals surface area contributed by atoms with Crippen LogP contribution in [-0.4, -0.2) is 45.4 Å². The van der Waals surface area contributed by atoms with Gasteiger partial charge >= 0.3 is 0 Å². The van der Waals surface area contributed by atoms with Gasteiger partial charge in [-0.15, -0.1) is 0 Å². The Kier molecular flexibility index (Phi) is 8.39. The molecule has 3 N–H and O–H groups in total. The number of benzene rings is 1. The maximum atomic E-state index is 11.7. The minimum atomic E-state index is -0.163. The van der Waals surface area contributed by atoms with E-state index in [4.69, 9.17) is 20.7 Å². The Balaban J connectivity index is 2.00. The van der Waals surface area contributed by atoms with Crippen LogP contribution >= 0.6 is 0 Å². The summed E-state index contributed by atoms with van der Waals surface area (Å²) in [4.78, 5) is 14.3. The van der Waals surface area contributed by atoms with Gasteiger partial charge in [0.05, 0.1) is 26.4 Å². The molecule has 0 saturated heterocycles. The predicted octanol–water partition coefficient (Wildman–Crippen LogP) is 1.34. The molecule has 8 heteroatoms. The van der Waals surface area contributed by atoms with Crippen LogP contribution in [0.25, 0.3) is 10.4 Å². The minimum absolute atomic E-state index is 0.163. The summed E-state index contributed by atoms with van der Waals surface area (Å²) in [6, 6.07) is 6.70. The fourth-order valence-corrected chi connectivity index (χ4v) is 1.45. The molecule has 1 aromatic carbocycles. The third kappa shape index (κ3) is 7.78. The largest absolute Gasteiger partial charge is 0.399 e. The Morgan fingerprint density at radius 1 is 1.19 bits per heavy atom. The van der Waals surface area contributed by atoms with Crippen LogP contribution in [0.15, 0.2) is 29.4 Å².